The van der Waals surface area contributed by atoms with Gasteiger partial charge in [0.1, 0.15) is 12.3 Å². The fourth-order valence-corrected chi connectivity index (χ4v) is 2.19. The summed E-state index contributed by atoms with van der Waals surface area (Å²) in [5.41, 5.74) is 0. The van der Waals surface area contributed by atoms with E-state index >= 15 is 0 Å². The van der Waals surface area contributed by atoms with Crippen LogP contribution in [0.3, 0.4) is 0 Å². The van der Waals surface area contributed by atoms with Crippen molar-refractivity contribution >= 4 is 10.0 Å². The first-order valence-corrected chi connectivity index (χ1v) is 7.08. The summed E-state index contributed by atoms with van der Waals surface area (Å²) in [7, 11) is -2.76. The maximum atomic E-state index is 12.0. The average Bonchev–Trinajstić information content (AvgIpc) is 2.81. The Morgan fingerprint density at radius 1 is 1.35 bits per heavy atom. The van der Waals surface area contributed by atoms with E-state index in [0.29, 0.717) is 18.9 Å². The van der Waals surface area contributed by atoms with Gasteiger partial charge in [-0.15, -0.1) is 0 Å². The van der Waals surface area contributed by atoms with Crippen LogP contribution in [0, 0.1) is 0 Å². The lowest BCUT2D eigenvalue weighted by Crippen LogP contribution is -2.33. The van der Waals surface area contributed by atoms with Crippen molar-refractivity contribution < 1.29 is 30.7 Å². The molecule has 1 rings (SSSR count). The standard InChI is InChI=1S/C10H15F3N2O4S/c1-18-5-4-14-6-8-2-3-9(19-8)20(16,17)15-7-10(11,12)13/h2-3,14-15H,4-7H2,1H3. The van der Waals surface area contributed by atoms with Gasteiger partial charge in [0.2, 0.25) is 5.09 Å². The molecule has 116 valence electrons. The number of ether oxygens (including phenoxy) is 1. The summed E-state index contributed by atoms with van der Waals surface area (Å²) >= 11 is 0. The van der Waals surface area contributed by atoms with Gasteiger partial charge >= 0.3 is 6.18 Å². The Labute approximate surface area is 114 Å². The van der Waals surface area contributed by atoms with Crippen LogP contribution in [0.15, 0.2) is 21.6 Å². The zero-order valence-corrected chi connectivity index (χ0v) is 11.5. The van der Waals surface area contributed by atoms with Gasteiger partial charge in [-0.25, -0.2) is 8.42 Å². The van der Waals surface area contributed by atoms with Crippen LogP contribution in [-0.2, 0) is 21.3 Å². The summed E-state index contributed by atoms with van der Waals surface area (Å²) in [5, 5.41) is 2.36. The quantitative estimate of drug-likeness (QED) is 0.695. The molecule has 0 saturated carbocycles. The molecule has 0 aliphatic carbocycles. The van der Waals surface area contributed by atoms with Gasteiger partial charge in [0, 0.05) is 13.7 Å². The molecule has 1 aromatic rings. The van der Waals surface area contributed by atoms with Gasteiger partial charge in [0.05, 0.1) is 13.2 Å². The molecule has 0 fully saturated rings. The van der Waals surface area contributed by atoms with Crippen molar-refractivity contribution in [3.05, 3.63) is 17.9 Å². The molecule has 0 saturated heterocycles. The highest BCUT2D eigenvalue weighted by molar-refractivity contribution is 7.89. The van der Waals surface area contributed by atoms with Gasteiger partial charge in [-0.1, -0.05) is 0 Å². The minimum Gasteiger partial charge on any atom is -0.447 e. The first-order valence-electron chi connectivity index (χ1n) is 5.59. The first-order chi connectivity index (χ1) is 9.24. The third-order valence-corrected chi connectivity index (χ3v) is 3.42. The van der Waals surface area contributed by atoms with E-state index in [2.05, 4.69) is 5.32 Å². The summed E-state index contributed by atoms with van der Waals surface area (Å²) < 4.78 is 70.1. The highest BCUT2D eigenvalue weighted by atomic mass is 32.2. The molecular weight excluding hydrogens is 301 g/mol. The van der Waals surface area contributed by atoms with Crippen molar-refractivity contribution in [3.63, 3.8) is 0 Å². The highest BCUT2D eigenvalue weighted by Gasteiger charge is 2.31. The number of hydrogen-bond donors (Lipinski definition) is 2. The van der Waals surface area contributed by atoms with Gasteiger partial charge in [0.15, 0.2) is 0 Å². The lowest BCUT2D eigenvalue weighted by atomic mass is 10.4. The molecule has 0 atom stereocenters. The summed E-state index contributed by atoms with van der Waals surface area (Å²) in [6.45, 7) is -0.389. The second kappa shape index (κ2) is 7.07. The zero-order valence-electron chi connectivity index (χ0n) is 10.7. The molecule has 1 heterocycles. The predicted molar refractivity (Wildman–Crippen MR) is 63.5 cm³/mol. The van der Waals surface area contributed by atoms with Crippen LogP contribution >= 0.6 is 0 Å². The summed E-state index contributed by atoms with van der Waals surface area (Å²) in [6.07, 6.45) is -4.62. The molecule has 0 spiro atoms. The smallest absolute Gasteiger partial charge is 0.402 e. The van der Waals surface area contributed by atoms with E-state index < -0.39 is 27.8 Å². The topological polar surface area (TPSA) is 80.6 Å². The summed E-state index contributed by atoms with van der Waals surface area (Å²) in [4.78, 5) is 0. The molecule has 10 heteroatoms. The maximum absolute atomic E-state index is 12.0. The number of rotatable bonds is 8. The van der Waals surface area contributed by atoms with Gasteiger partial charge in [-0.2, -0.15) is 17.9 Å². The molecule has 0 aliphatic heterocycles. The normalized spacial score (nSPS) is 12.8. The summed E-state index contributed by atoms with van der Waals surface area (Å²) in [5.74, 6) is 0.300. The minimum atomic E-state index is -4.62. The molecular formula is C10H15F3N2O4S. The molecule has 0 aromatic carbocycles. The van der Waals surface area contributed by atoms with Crippen molar-refractivity contribution in [2.24, 2.45) is 0 Å². The van der Waals surface area contributed by atoms with Crippen molar-refractivity contribution in [2.75, 3.05) is 26.8 Å². The third kappa shape index (κ3) is 5.90. The molecule has 0 aliphatic rings. The highest BCUT2D eigenvalue weighted by Crippen LogP contribution is 2.17. The van der Waals surface area contributed by atoms with Crippen LogP contribution < -0.4 is 10.0 Å². The second-order valence-electron chi connectivity index (χ2n) is 3.83. The van der Waals surface area contributed by atoms with Crippen LogP contribution in [0.4, 0.5) is 13.2 Å². The van der Waals surface area contributed by atoms with E-state index in [9.17, 15) is 21.6 Å². The molecule has 0 amide bonds. The van der Waals surface area contributed by atoms with Gasteiger partial charge in [-0.05, 0) is 12.1 Å². The van der Waals surface area contributed by atoms with Gasteiger partial charge in [0.25, 0.3) is 10.0 Å². The zero-order chi connectivity index (χ0) is 15.2. The maximum Gasteiger partial charge on any atom is 0.402 e. The SMILES string of the molecule is COCCNCc1ccc(S(=O)(=O)NCC(F)(F)F)o1. The van der Waals surface area contributed by atoms with E-state index in [1.54, 1.807) is 0 Å². The Kier molecular flexibility index (Phi) is 5.99. The van der Waals surface area contributed by atoms with Crippen LogP contribution in [-0.4, -0.2) is 41.4 Å². The Hall–Kier alpha value is -1.10. The number of sulfonamides is 1. The third-order valence-electron chi connectivity index (χ3n) is 2.15. The first kappa shape index (κ1) is 17.0. The monoisotopic (exact) mass is 316 g/mol. The molecule has 0 unspecified atom stereocenters. The van der Waals surface area contributed by atoms with Crippen LogP contribution in [0.5, 0.6) is 0 Å². The van der Waals surface area contributed by atoms with Crippen molar-refractivity contribution in [2.45, 2.75) is 17.8 Å². The molecule has 20 heavy (non-hydrogen) atoms. The molecule has 0 radical (unpaired) electrons. The van der Waals surface area contributed by atoms with E-state index in [-0.39, 0.29) is 6.54 Å². The number of alkyl halides is 3. The number of nitrogens with one attached hydrogen (secondary N) is 2. The number of hydrogen-bond acceptors (Lipinski definition) is 5. The molecule has 1 aromatic heterocycles. The van der Waals surface area contributed by atoms with Crippen molar-refractivity contribution in [1.82, 2.24) is 10.0 Å². The Morgan fingerprint density at radius 3 is 2.65 bits per heavy atom. The van der Waals surface area contributed by atoms with Gasteiger partial charge in [-0.3, -0.25) is 0 Å². The fourth-order valence-electron chi connectivity index (χ4n) is 1.23. The molecule has 0 bridgehead atoms. The number of furan rings is 1. The van der Waals surface area contributed by atoms with Crippen molar-refractivity contribution in [3.8, 4) is 0 Å². The predicted octanol–water partition coefficient (Wildman–Crippen LogP) is 0.856. The lowest BCUT2D eigenvalue weighted by molar-refractivity contribution is -0.121. The molecule has 2 N–H and O–H groups in total. The van der Waals surface area contributed by atoms with E-state index in [0.717, 1.165) is 6.07 Å². The van der Waals surface area contributed by atoms with Crippen molar-refractivity contribution in [1.29, 1.82) is 0 Å². The Morgan fingerprint density at radius 2 is 2.05 bits per heavy atom. The van der Waals surface area contributed by atoms with E-state index in [1.165, 1.54) is 17.9 Å². The average molecular weight is 316 g/mol. The largest absolute Gasteiger partial charge is 0.447 e. The van der Waals surface area contributed by atoms with E-state index in [1.807, 2.05) is 0 Å². The van der Waals surface area contributed by atoms with E-state index in [4.69, 9.17) is 9.15 Å². The number of methoxy groups -OCH3 is 1. The Bertz CT molecular complexity index is 513. The Balaban J connectivity index is 2.57. The fraction of sp³-hybridized carbons (Fsp3) is 0.600. The van der Waals surface area contributed by atoms with Crippen LogP contribution in [0.25, 0.3) is 0 Å². The lowest BCUT2D eigenvalue weighted by Gasteiger charge is -2.07. The summed E-state index contributed by atoms with van der Waals surface area (Å²) in [6, 6.07) is 2.48. The minimum absolute atomic E-state index is 0.248. The van der Waals surface area contributed by atoms with Crippen LogP contribution in [0.1, 0.15) is 5.76 Å². The molecule has 6 nitrogen and oxygen atoms in total. The second-order valence-corrected chi connectivity index (χ2v) is 5.53. The number of halogens is 3. The van der Waals surface area contributed by atoms with Crippen LogP contribution in [0.2, 0.25) is 0 Å². The van der Waals surface area contributed by atoms with Gasteiger partial charge < -0.3 is 14.5 Å².